The van der Waals surface area contributed by atoms with E-state index in [0.29, 0.717) is 5.82 Å². The van der Waals surface area contributed by atoms with Gasteiger partial charge in [0.05, 0.1) is 30.7 Å². The van der Waals surface area contributed by atoms with E-state index >= 15 is 0 Å². The van der Waals surface area contributed by atoms with Gasteiger partial charge in [-0.2, -0.15) is 0 Å². The normalized spacial score (nSPS) is 24.7. The van der Waals surface area contributed by atoms with Crippen LogP contribution in [0.4, 0.5) is 0 Å². The molecule has 1 saturated heterocycles. The number of hydrogen-bond donors (Lipinski definition) is 1. The Labute approximate surface area is 165 Å². The maximum absolute atomic E-state index is 12.5. The first-order valence-corrected chi connectivity index (χ1v) is 11.2. The minimum Gasteiger partial charge on any atom is -0.496 e. The van der Waals surface area contributed by atoms with Crippen molar-refractivity contribution in [1.82, 2.24) is 14.9 Å². The number of nitrogens with one attached hydrogen (secondary N) is 1. The van der Waals surface area contributed by atoms with Crippen molar-refractivity contribution >= 4 is 15.7 Å². The Morgan fingerprint density at radius 1 is 1.32 bits per heavy atom. The summed E-state index contributed by atoms with van der Waals surface area (Å²) in [5, 5.41) is 2.99. The molecule has 1 aliphatic carbocycles. The molecule has 0 unspecified atom stereocenters. The van der Waals surface area contributed by atoms with Crippen LogP contribution in [0.3, 0.4) is 0 Å². The molecule has 1 N–H and O–H groups in total. The van der Waals surface area contributed by atoms with Crippen LogP contribution in [0.2, 0.25) is 0 Å². The van der Waals surface area contributed by atoms with E-state index in [1.54, 1.807) is 19.5 Å². The highest BCUT2D eigenvalue weighted by molar-refractivity contribution is 7.91. The van der Waals surface area contributed by atoms with Crippen LogP contribution in [0.1, 0.15) is 31.4 Å². The van der Waals surface area contributed by atoms with Crippen LogP contribution in [-0.2, 0) is 14.6 Å². The van der Waals surface area contributed by atoms with Gasteiger partial charge in [0.15, 0.2) is 9.84 Å². The molecule has 2 atom stereocenters. The summed E-state index contributed by atoms with van der Waals surface area (Å²) in [6, 6.07) is 4.94. The van der Waals surface area contributed by atoms with E-state index in [-0.39, 0.29) is 28.9 Å². The lowest BCUT2D eigenvalue weighted by molar-refractivity contribution is -0.126. The van der Waals surface area contributed by atoms with E-state index < -0.39 is 15.9 Å². The van der Waals surface area contributed by atoms with Crippen molar-refractivity contribution in [3.8, 4) is 17.1 Å². The molecular formula is C20H25N3O4S. The molecule has 1 aromatic carbocycles. The summed E-state index contributed by atoms with van der Waals surface area (Å²) >= 11 is 0. The number of carbonyl (C=O) groups is 1. The molecule has 8 heteroatoms. The number of nitrogens with zero attached hydrogens (tertiary/aromatic N) is 2. The number of aromatic nitrogens is 2. The second kappa shape index (κ2) is 6.62. The van der Waals surface area contributed by atoms with Crippen molar-refractivity contribution in [3.05, 3.63) is 36.2 Å². The van der Waals surface area contributed by atoms with Gasteiger partial charge >= 0.3 is 0 Å². The molecule has 150 valence electrons. The number of benzene rings is 1. The largest absolute Gasteiger partial charge is 0.496 e. The van der Waals surface area contributed by atoms with Gasteiger partial charge in [0.1, 0.15) is 11.6 Å². The van der Waals surface area contributed by atoms with Gasteiger partial charge in [0.25, 0.3) is 0 Å². The molecule has 2 aliphatic rings. The average molecular weight is 404 g/mol. The summed E-state index contributed by atoms with van der Waals surface area (Å²) in [6.07, 6.45) is 5.14. The van der Waals surface area contributed by atoms with Gasteiger partial charge in [-0.3, -0.25) is 4.79 Å². The van der Waals surface area contributed by atoms with Gasteiger partial charge in [-0.1, -0.05) is 19.1 Å². The summed E-state index contributed by atoms with van der Waals surface area (Å²) in [4.78, 5) is 17.0. The molecule has 0 spiro atoms. The summed E-state index contributed by atoms with van der Waals surface area (Å²) in [7, 11) is -1.63. The maximum atomic E-state index is 12.5. The quantitative estimate of drug-likeness (QED) is 0.826. The minimum atomic E-state index is -3.25. The zero-order chi connectivity index (χ0) is 20.1. The van der Waals surface area contributed by atoms with Gasteiger partial charge in [-0.25, -0.2) is 13.4 Å². The SMILES string of the molecule is COc1cc(-c2nccn2[C@@H]2CS(=O)(=O)C[C@H]2NC(=O)C2(C)CC2)ccc1C. The van der Waals surface area contributed by atoms with E-state index in [0.717, 1.165) is 29.7 Å². The lowest BCUT2D eigenvalue weighted by Crippen LogP contribution is -2.43. The number of imidazole rings is 1. The van der Waals surface area contributed by atoms with E-state index in [4.69, 9.17) is 4.74 Å². The van der Waals surface area contributed by atoms with Crippen LogP contribution in [0.5, 0.6) is 5.75 Å². The van der Waals surface area contributed by atoms with Crippen LogP contribution in [0.15, 0.2) is 30.6 Å². The van der Waals surface area contributed by atoms with E-state index in [1.165, 1.54) is 0 Å². The number of aryl methyl sites for hydroxylation is 1. The third kappa shape index (κ3) is 3.41. The highest BCUT2D eigenvalue weighted by atomic mass is 32.2. The van der Waals surface area contributed by atoms with Gasteiger partial charge in [-0.05, 0) is 31.4 Å². The second-order valence-electron chi connectivity index (χ2n) is 8.13. The van der Waals surface area contributed by atoms with Crippen molar-refractivity contribution in [1.29, 1.82) is 0 Å². The smallest absolute Gasteiger partial charge is 0.226 e. The number of hydrogen-bond acceptors (Lipinski definition) is 5. The molecule has 28 heavy (non-hydrogen) atoms. The van der Waals surface area contributed by atoms with Crippen LogP contribution in [-0.4, -0.2) is 48.5 Å². The number of methoxy groups -OCH3 is 1. The fourth-order valence-electron chi connectivity index (χ4n) is 3.76. The van der Waals surface area contributed by atoms with Crippen molar-refractivity contribution in [3.63, 3.8) is 0 Å². The lowest BCUT2D eigenvalue weighted by Gasteiger charge is -2.24. The summed E-state index contributed by atoms with van der Waals surface area (Å²) in [5.41, 5.74) is 1.51. The standard InChI is InChI=1S/C20H25N3O4S/c1-13-4-5-14(10-17(13)27-3)18-21-8-9-23(18)16-12-28(25,26)11-15(16)22-19(24)20(2)6-7-20/h4-5,8-10,15-16H,6-7,11-12H2,1-3H3,(H,22,24)/t15-,16-/m1/s1. The number of carbonyl (C=O) groups excluding carboxylic acids is 1. The van der Waals surface area contributed by atoms with Crippen LogP contribution in [0.25, 0.3) is 11.4 Å². The molecule has 1 aromatic heterocycles. The first kappa shape index (κ1) is 19.0. The molecule has 4 rings (SSSR count). The number of amides is 1. The zero-order valence-electron chi connectivity index (χ0n) is 16.3. The third-order valence-electron chi connectivity index (χ3n) is 5.88. The van der Waals surface area contributed by atoms with Crippen molar-refractivity contribution in [2.45, 2.75) is 38.8 Å². The molecule has 2 fully saturated rings. The zero-order valence-corrected chi connectivity index (χ0v) is 17.1. The van der Waals surface area contributed by atoms with Crippen LogP contribution in [0, 0.1) is 12.3 Å². The van der Waals surface area contributed by atoms with Gasteiger partial charge in [-0.15, -0.1) is 0 Å². The Bertz CT molecular complexity index is 1020. The summed E-state index contributed by atoms with van der Waals surface area (Å²) in [5.74, 6) is 1.29. The Kier molecular flexibility index (Phi) is 4.49. The highest BCUT2D eigenvalue weighted by Crippen LogP contribution is 2.45. The maximum Gasteiger partial charge on any atom is 0.226 e. The predicted octanol–water partition coefficient (Wildman–Crippen LogP) is 2.12. The van der Waals surface area contributed by atoms with E-state index in [1.807, 2.05) is 36.6 Å². The monoisotopic (exact) mass is 403 g/mol. The Morgan fingerprint density at radius 2 is 2.07 bits per heavy atom. The molecule has 1 aliphatic heterocycles. The summed E-state index contributed by atoms with van der Waals surface area (Å²) in [6.45, 7) is 3.88. The van der Waals surface area contributed by atoms with Crippen molar-refractivity contribution in [2.24, 2.45) is 5.41 Å². The third-order valence-corrected chi connectivity index (χ3v) is 7.60. The fraction of sp³-hybridized carbons (Fsp3) is 0.500. The summed E-state index contributed by atoms with van der Waals surface area (Å²) < 4.78 is 32.0. The predicted molar refractivity (Wildman–Crippen MR) is 106 cm³/mol. The van der Waals surface area contributed by atoms with Gasteiger partial charge in [0.2, 0.25) is 5.91 Å². The second-order valence-corrected chi connectivity index (χ2v) is 10.3. The highest BCUT2D eigenvalue weighted by Gasteiger charge is 2.48. The lowest BCUT2D eigenvalue weighted by atomic mass is 10.1. The Hall–Kier alpha value is -2.35. The topological polar surface area (TPSA) is 90.3 Å². The Morgan fingerprint density at radius 3 is 2.75 bits per heavy atom. The van der Waals surface area contributed by atoms with E-state index in [9.17, 15) is 13.2 Å². The molecule has 1 amide bonds. The van der Waals surface area contributed by atoms with E-state index in [2.05, 4.69) is 10.3 Å². The van der Waals surface area contributed by atoms with Crippen LogP contribution >= 0.6 is 0 Å². The van der Waals surface area contributed by atoms with Gasteiger partial charge in [0, 0.05) is 23.4 Å². The molecule has 1 saturated carbocycles. The first-order chi connectivity index (χ1) is 13.2. The fourth-order valence-corrected chi connectivity index (χ4v) is 5.66. The molecule has 2 aromatic rings. The molecule has 2 heterocycles. The van der Waals surface area contributed by atoms with Crippen LogP contribution < -0.4 is 10.1 Å². The Balaban J connectivity index is 1.68. The molecule has 7 nitrogen and oxygen atoms in total. The minimum absolute atomic E-state index is 0.0129. The molecular weight excluding hydrogens is 378 g/mol. The number of rotatable bonds is 5. The van der Waals surface area contributed by atoms with Gasteiger partial charge < -0.3 is 14.6 Å². The van der Waals surface area contributed by atoms with Crippen molar-refractivity contribution < 1.29 is 17.9 Å². The molecule has 0 radical (unpaired) electrons. The number of ether oxygens (including phenoxy) is 1. The molecule has 0 bridgehead atoms. The average Bonchev–Trinajstić information content (AvgIpc) is 3.10. The van der Waals surface area contributed by atoms with Crippen molar-refractivity contribution in [2.75, 3.05) is 18.6 Å². The first-order valence-electron chi connectivity index (χ1n) is 9.42. The number of sulfone groups is 1.